The lowest BCUT2D eigenvalue weighted by atomic mass is 10.1. The molecule has 1 aromatic rings. The van der Waals surface area contributed by atoms with Gasteiger partial charge in [-0.3, -0.25) is 14.9 Å². The van der Waals surface area contributed by atoms with Crippen molar-refractivity contribution >= 4 is 33.4 Å². The largest absolute Gasteiger partial charge is 0.350 e. The highest BCUT2D eigenvalue weighted by Crippen LogP contribution is 2.27. The van der Waals surface area contributed by atoms with E-state index in [0.717, 1.165) is 22.3 Å². The Balaban J connectivity index is 2.36. The van der Waals surface area contributed by atoms with Gasteiger partial charge in [-0.2, -0.15) is 0 Å². The number of carbonyl (C=O) groups excluding carboxylic acids is 2. The molecule has 5 nitrogen and oxygen atoms in total. The van der Waals surface area contributed by atoms with Crippen molar-refractivity contribution in [2.24, 2.45) is 0 Å². The predicted molar refractivity (Wildman–Crippen MR) is 81.5 cm³/mol. The summed E-state index contributed by atoms with van der Waals surface area (Å²) in [5, 5.41) is 5.63. The van der Waals surface area contributed by atoms with Crippen molar-refractivity contribution in [2.45, 2.75) is 26.4 Å². The van der Waals surface area contributed by atoms with Gasteiger partial charge in [0.2, 0.25) is 11.8 Å². The molecular formula is C14H18BrN3O2. The van der Waals surface area contributed by atoms with Crippen molar-refractivity contribution in [1.29, 1.82) is 0 Å². The van der Waals surface area contributed by atoms with Gasteiger partial charge in [-0.1, -0.05) is 28.9 Å². The molecule has 1 unspecified atom stereocenters. The maximum atomic E-state index is 11.8. The van der Waals surface area contributed by atoms with Crippen LogP contribution in [0.3, 0.4) is 0 Å². The summed E-state index contributed by atoms with van der Waals surface area (Å²) < 4.78 is 0.929. The van der Waals surface area contributed by atoms with Gasteiger partial charge in [0.1, 0.15) is 6.04 Å². The first-order valence-corrected chi connectivity index (χ1v) is 7.41. The maximum Gasteiger partial charge on any atom is 0.249 e. The zero-order valence-corrected chi connectivity index (χ0v) is 13.2. The number of nitrogens with zero attached hydrogens (tertiary/aromatic N) is 1. The Morgan fingerprint density at radius 2 is 2.20 bits per heavy atom. The average molecular weight is 340 g/mol. The number of amides is 2. The zero-order valence-electron chi connectivity index (χ0n) is 11.6. The van der Waals surface area contributed by atoms with E-state index in [1.807, 2.05) is 30.0 Å². The summed E-state index contributed by atoms with van der Waals surface area (Å²) in [4.78, 5) is 25.3. The highest BCUT2D eigenvalue weighted by atomic mass is 79.9. The number of anilines is 1. The van der Waals surface area contributed by atoms with E-state index in [9.17, 15) is 9.59 Å². The van der Waals surface area contributed by atoms with Crippen LogP contribution < -0.4 is 15.5 Å². The molecule has 0 saturated carbocycles. The van der Waals surface area contributed by atoms with E-state index < -0.39 is 0 Å². The minimum atomic E-state index is -0.359. The Hall–Kier alpha value is -1.40. The molecule has 1 aliphatic rings. The summed E-state index contributed by atoms with van der Waals surface area (Å²) in [6.07, 6.45) is 0. The maximum absolute atomic E-state index is 11.8. The molecule has 0 radical (unpaired) electrons. The molecule has 108 valence electrons. The summed E-state index contributed by atoms with van der Waals surface area (Å²) in [5.41, 5.74) is 1.99. The quantitative estimate of drug-likeness (QED) is 0.814. The van der Waals surface area contributed by atoms with E-state index in [-0.39, 0.29) is 24.4 Å². The van der Waals surface area contributed by atoms with Crippen molar-refractivity contribution < 1.29 is 9.59 Å². The van der Waals surface area contributed by atoms with Crippen LogP contribution in [-0.2, 0) is 16.1 Å². The molecule has 0 spiro atoms. The number of halogens is 1. The van der Waals surface area contributed by atoms with Gasteiger partial charge in [0, 0.05) is 16.7 Å². The molecular weight excluding hydrogens is 322 g/mol. The number of nitrogens with one attached hydrogen (secondary N) is 2. The third kappa shape index (κ3) is 3.19. The van der Waals surface area contributed by atoms with Gasteiger partial charge in [0.25, 0.3) is 0 Å². The monoisotopic (exact) mass is 339 g/mol. The summed E-state index contributed by atoms with van der Waals surface area (Å²) in [7, 11) is 0. The highest BCUT2D eigenvalue weighted by molar-refractivity contribution is 9.10. The lowest BCUT2D eigenvalue weighted by Crippen LogP contribution is -2.57. The van der Waals surface area contributed by atoms with E-state index in [4.69, 9.17) is 0 Å². The fourth-order valence-electron chi connectivity index (χ4n) is 2.22. The van der Waals surface area contributed by atoms with E-state index in [1.165, 1.54) is 0 Å². The molecule has 6 heteroatoms. The van der Waals surface area contributed by atoms with Gasteiger partial charge in [-0.05, 0) is 31.2 Å². The van der Waals surface area contributed by atoms with Crippen LogP contribution in [0.2, 0.25) is 0 Å². The molecule has 2 N–H and O–H groups in total. The standard InChI is InChI=1S/C14H18BrN3O2/c1-3-16-7-10-4-5-11(15)6-12(10)18-8-13(19)17-14(20)9(18)2/h4-6,9,16H,3,7-8H2,1-2H3,(H,17,19,20). The van der Waals surface area contributed by atoms with Gasteiger partial charge in [0.15, 0.2) is 0 Å². The summed E-state index contributed by atoms with van der Waals surface area (Å²) in [5.74, 6) is -0.516. The Morgan fingerprint density at radius 1 is 1.45 bits per heavy atom. The number of imide groups is 1. The fraction of sp³-hybridized carbons (Fsp3) is 0.429. The third-order valence-electron chi connectivity index (χ3n) is 3.35. The molecule has 2 rings (SSSR count). The molecule has 0 aliphatic carbocycles. The van der Waals surface area contributed by atoms with Gasteiger partial charge in [-0.25, -0.2) is 0 Å². The summed E-state index contributed by atoms with van der Waals surface area (Å²) in [6.45, 7) is 5.61. The van der Waals surface area contributed by atoms with Gasteiger partial charge in [-0.15, -0.1) is 0 Å². The SMILES string of the molecule is CCNCc1ccc(Br)cc1N1CC(=O)NC(=O)C1C. The molecule has 2 amide bonds. The van der Waals surface area contributed by atoms with Crippen molar-refractivity contribution in [1.82, 2.24) is 10.6 Å². The second kappa shape index (κ2) is 6.37. The van der Waals surface area contributed by atoms with Crippen molar-refractivity contribution in [2.75, 3.05) is 18.0 Å². The summed E-state index contributed by atoms with van der Waals surface area (Å²) in [6, 6.07) is 5.57. The molecule has 0 aromatic heterocycles. The van der Waals surface area contributed by atoms with Gasteiger partial charge in [0.05, 0.1) is 6.54 Å². The molecule has 1 aromatic carbocycles. The van der Waals surface area contributed by atoms with Crippen molar-refractivity contribution in [3.63, 3.8) is 0 Å². The number of piperazine rings is 1. The van der Waals surface area contributed by atoms with E-state index in [1.54, 1.807) is 6.92 Å². The lowest BCUT2D eigenvalue weighted by Gasteiger charge is -2.35. The Kier molecular flexibility index (Phi) is 4.77. The van der Waals surface area contributed by atoms with E-state index in [2.05, 4.69) is 26.6 Å². The first-order valence-electron chi connectivity index (χ1n) is 6.62. The smallest absolute Gasteiger partial charge is 0.249 e. The van der Waals surface area contributed by atoms with Crippen LogP contribution in [0.5, 0.6) is 0 Å². The second-order valence-electron chi connectivity index (χ2n) is 4.77. The minimum absolute atomic E-state index is 0.197. The number of hydrogen-bond acceptors (Lipinski definition) is 4. The van der Waals surface area contributed by atoms with Gasteiger partial charge < -0.3 is 10.2 Å². The Bertz CT molecular complexity index is 533. The van der Waals surface area contributed by atoms with Crippen LogP contribution >= 0.6 is 15.9 Å². The van der Waals surface area contributed by atoms with Crippen LogP contribution in [0.1, 0.15) is 19.4 Å². The predicted octanol–water partition coefficient (Wildman–Crippen LogP) is 1.41. The number of benzene rings is 1. The number of hydrogen-bond donors (Lipinski definition) is 2. The molecule has 1 fully saturated rings. The molecule has 1 aliphatic heterocycles. The van der Waals surface area contributed by atoms with E-state index in [0.29, 0.717) is 6.54 Å². The van der Waals surface area contributed by atoms with E-state index >= 15 is 0 Å². The lowest BCUT2D eigenvalue weighted by molar-refractivity contribution is -0.132. The van der Waals surface area contributed by atoms with Crippen LogP contribution in [0.4, 0.5) is 5.69 Å². The van der Waals surface area contributed by atoms with Crippen molar-refractivity contribution in [3.8, 4) is 0 Å². The van der Waals surface area contributed by atoms with Crippen molar-refractivity contribution in [3.05, 3.63) is 28.2 Å². The summed E-state index contributed by atoms with van der Waals surface area (Å²) >= 11 is 3.45. The number of rotatable bonds is 4. The first kappa shape index (κ1) is 15.0. The molecule has 1 atom stereocenters. The molecule has 20 heavy (non-hydrogen) atoms. The molecule has 0 bridgehead atoms. The second-order valence-corrected chi connectivity index (χ2v) is 5.69. The fourth-order valence-corrected chi connectivity index (χ4v) is 2.57. The van der Waals surface area contributed by atoms with Crippen LogP contribution in [0.15, 0.2) is 22.7 Å². The topological polar surface area (TPSA) is 61.4 Å². The normalized spacial score (nSPS) is 19.1. The number of carbonyl (C=O) groups is 2. The Morgan fingerprint density at radius 3 is 2.90 bits per heavy atom. The Labute approximate surface area is 126 Å². The van der Waals surface area contributed by atoms with Crippen LogP contribution in [0.25, 0.3) is 0 Å². The minimum Gasteiger partial charge on any atom is -0.350 e. The molecule has 1 saturated heterocycles. The zero-order chi connectivity index (χ0) is 14.7. The van der Waals surface area contributed by atoms with Gasteiger partial charge >= 0.3 is 0 Å². The van der Waals surface area contributed by atoms with Crippen LogP contribution in [0, 0.1) is 0 Å². The first-order chi connectivity index (χ1) is 9.52. The molecule has 1 heterocycles. The highest BCUT2D eigenvalue weighted by Gasteiger charge is 2.31. The van der Waals surface area contributed by atoms with Crippen LogP contribution in [-0.4, -0.2) is 30.9 Å². The average Bonchev–Trinajstić information content (AvgIpc) is 2.41. The third-order valence-corrected chi connectivity index (χ3v) is 3.84.